The molecule has 24 heavy (non-hydrogen) atoms. The van der Waals surface area contributed by atoms with Gasteiger partial charge in [-0.2, -0.15) is 0 Å². The summed E-state index contributed by atoms with van der Waals surface area (Å²) in [7, 11) is 1.63. The molecule has 1 fully saturated rings. The molecular formula is C20H25N2O2+. The number of amides is 1. The van der Waals surface area contributed by atoms with Crippen LogP contribution < -0.4 is 9.64 Å². The minimum absolute atomic E-state index is 0.118. The summed E-state index contributed by atoms with van der Waals surface area (Å²) in [4.78, 5) is 16.1. The fraction of sp³-hybridized carbons (Fsp3) is 0.350. The molecule has 0 radical (unpaired) electrons. The van der Waals surface area contributed by atoms with Gasteiger partial charge in [0.15, 0.2) is 0 Å². The van der Waals surface area contributed by atoms with Gasteiger partial charge in [-0.25, -0.2) is 0 Å². The van der Waals surface area contributed by atoms with Crippen molar-refractivity contribution in [3.05, 3.63) is 65.2 Å². The number of benzene rings is 2. The summed E-state index contributed by atoms with van der Waals surface area (Å²) in [5.41, 5.74) is 3.49. The number of hydrogen-bond acceptors (Lipinski definition) is 2. The zero-order chi connectivity index (χ0) is 16.9. The Bertz CT molecular complexity index is 689. The highest BCUT2D eigenvalue weighted by Crippen LogP contribution is 2.13. The number of hydrogen-bond donors (Lipinski definition) is 1. The van der Waals surface area contributed by atoms with Gasteiger partial charge in [0.05, 0.1) is 33.3 Å². The van der Waals surface area contributed by atoms with E-state index in [1.165, 1.54) is 11.1 Å². The van der Waals surface area contributed by atoms with Crippen LogP contribution in [0.5, 0.6) is 5.75 Å². The van der Waals surface area contributed by atoms with Gasteiger partial charge in [-0.1, -0.05) is 24.3 Å². The second-order valence-electron chi connectivity index (χ2n) is 6.37. The molecule has 0 aliphatic carbocycles. The van der Waals surface area contributed by atoms with Crippen molar-refractivity contribution >= 4 is 5.91 Å². The number of methoxy groups -OCH3 is 1. The molecule has 2 aromatic rings. The van der Waals surface area contributed by atoms with Crippen LogP contribution in [-0.2, 0) is 6.54 Å². The number of carbonyl (C=O) groups excluding carboxylic acids is 1. The summed E-state index contributed by atoms with van der Waals surface area (Å²) in [6, 6.07) is 15.9. The van der Waals surface area contributed by atoms with Crippen molar-refractivity contribution in [2.45, 2.75) is 13.5 Å². The van der Waals surface area contributed by atoms with Gasteiger partial charge in [-0.15, -0.1) is 0 Å². The predicted molar refractivity (Wildman–Crippen MR) is 94.5 cm³/mol. The predicted octanol–water partition coefficient (Wildman–Crippen LogP) is 1.54. The zero-order valence-corrected chi connectivity index (χ0v) is 14.4. The molecule has 0 bridgehead atoms. The largest absolute Gasteiger partial charge is 0.497 e. The van der Waals surface area contributed by atoms with Crippen molar-refractivity contribution in [1.82, 2.24) is 4.90 Å². The summed E-state index contributed by atoms with van der Waals surface area (Å²) < 4.78 is 5.15. The lowest BCUT2D eigenvalue weighted by Crippen LogP contribution is -3.13. The van der Waals surface area contributed by atoms with Crippen molar-refractivity contribution in [1.29, 1.82) is 0 Å². The van der Waals surface area contributed by atoms with Gasteiger partial charge >= 0.3 is 0 Å². The van der Waals surface area contributed by atoms with E-state index < -0.39 is 0 Å². The first kappa shape index (κ1) is 16.5. The summed E-state index contributed by atoms with van der Waals surface area (Å²) >= 11 is 0. The molecule has 0 atom stereocenters. The second kappa shape index (κ2) is 7.49. The van der Waals surface area contributed by atoms with E-state index in [4.69, 9.17) is 4.74 Å². The summed E-state index contributed by atoms with van der Waals surface area (Å²) in [6.45, 7) is 6.82. The maximum Gasteiger partial charge on any atom is 0.254 e. The van der Waals surface area contributed by atoms with Crippen molar-refractivity contribution in [2.24, 2.45) is 0 Å². The fourth-order valence-electron chi connectivity index (χ4n) is 3.20. The molecule has 1 aliphatic heterocycles. The number of ether oxygens (including phenoxy) is 1. The van der Waals surface area contributed by atoms with E-state index in [9.17, 15) is 4.79 Å². The first-order valence-electron chi connectivity index (χ1n) is 8.49. The molecular weight excluding hydrogens is 300 g/mol. The Morgan fingerprint density at radius 2 is 1.75 bits per heavy atom. The quantitative estimate of drug-likeness (QED) is 0.925. The molecule has 1 aliphatic rings. The SMILES string of the molecule is COc1ccc(C(=O)N2CC[NH+](Cc3ccccc3C)CC2)cc1. The third-order valence-corrected chi connectivity index (χ3v) is 4.80. The van der Waals surface area contributed by atoms with Crippen LogP contribution in [0, 0.1) is 6.92 Å². The van der Waals surface area contributed by atoms with Gasteiger partial charge in [0.2, 0.25) is 0 Å². The van der Waals surface area contributed by atoms with Crippen molar-refractivity contribution in [3.8, 4) is 5.75 Å². The standard InChI is InChI=1S/C20H24N2O2/c1-16-5-3-4-6-18(16)15-21-11-13-22(14-12-21)20(23)17-7-9-19(24-2)10-8-17/h3-10H,11-15H2,1-2H3/p+1. The summed E-state index contributed by atoms with van der Waals surface area (Å²) in [6.07, 6.45) is 0. The lowest BCUT2D eigenvalue weighted by Gasteiger charge is -2.32. The topological polar surface area (TPSA) is 34.0 Å². The Morgan fingerprint density at radius 3 is 2.38 bits per heavy atom. The van der Waals surface area contributed by atoms with Crippen molar-refractivity contribution in [3.63, 3.8) is 0 Å². The molecule has 1 heterocycles. The number of nitrogens with zero attached hydrogens (tertiary/aromatic N) is 1. The fourth-order valence-corrected chi connectivity index (χ4v) is 3.20. The van der Waals surface area contributed by atoms with E-state index in [-0.39, 0.29) is 5.91 Å². The van der Waals surface area contributed by atoms with E-state index in [1.54, 1.807) is 12.0 Å². The lowest BCUT2D eigenvalue weighted by molar-refractivity contribution is -0.917. The average Bonchev–Trinajstić information content (AvgIpc) is 2.64. The normalized spacial score (nSPS) is 15.3. The number of piperazine rings is 1. The number of rotatable bonds is 4. The van der Waals surface area contributed by atoms with Crippen LogP contribution in [0.1, 0.15) is 21.5 Å². The Labute approximate surface area is 143 Å². The van der Waals surface area contributed by atoms with E-state index in [2.05, 4.69) is 31.2 Å². The molecule has 4 nitrogen and oxygen atoms in total. The van der Waals surface area contributed by atoms with Gasteiger partial charge < -0.3 is 14.5 Å². The van der Waals surface area contributed by atoms with Gasteiger partial charge in [0.25, 0.3) is 5.91 Å². The third kappa shape index (κ3) is 3.77. The molecule has 0 spiro atoms. The van der Waals surface area contributed by atoms with E-state index >= 15 is 0 Å². The maximum atomic E-state index is 12.6. The highest BCUT2D eigenvalue weighted by atomic mass is 16.5. The number of carbonyl (C=O) groups is 1. The van der Waals surface area contributed by atoms with Crippen molar-refractivity contribution < 1.29 is 14.4 Å². The van der Waals surface area contributed by atoms with Crippen LogP contribution in [0.4, 0.5) is 0 Å². The Balaban J connectivity index is 1.56. The highest BCUT2D eigenvalue weighted by molar-refractivity contribution is 5.94. The van der Waals surface area contributed by atoms with E-state index in [1.807, 2.05) is 29.2 Å². The first-order valence-corrected chi connectivity index (χ1v) is 8.49. The first-order chi connectivity index (χ1) is 11.7. The van der Waals surface area contributed by atoms with Gasteiger partial charge in [-0.3, -0.25) is 4.79 Å². The molecule has 4 heteroatoms. The monoisotopic (exact) mass is 325 g/mol. The number of quaternary nitrogens is 1. The molecule has 2 aromatic carbocycles. The van der Waals surface area contributed by atoms with Crippen molar-refractivity contribution in [2.75, 3.05) is 33.3 Å². The van der Waals surface area contributed by atoms with Gasteiger partial charge in [0.1, 0.15) is 12.3 Å². The molecule has 0 saturated carbocycles. The van der Waals surface area contributed by atoms with Gasteiger partial charge in [-0.05, 0) is 36.8 Å². The second-order valence-corrected chi connectivity index (χ2v) is 6.37. The average molecular weight is 325 g/mol. The number of nitrogens with one attached hydrogen (secondary N) is 1. The van der Waals surface area contributed by atoms with Crippen LogP contribution >= 0.6 is 0 Å². The Kier molecular flexibility index (Phi) is 5.16. The van der Waals surface area contributed by atoms with Crippen LogP contribution in [0.15, 0.2) is 48.5 Å². The Morgan fingerprint density at radius 1 is 1.08 bits per heavy atom. The highest BCUT2D eigenvalue weighted by Gasteiger charge is 2.24. The molecule has 0 aromatic heterocycles. The zero-order valence-electron chi connectivity index (χ0n) is 14.4. The van der Waals surface area contributed by atoms with Gasteiger partial charge in [0, 0.05) is 11.1 Å². The Hall–Kier alpha value is -2.33. The maximum absolute atomic E-state index is 12.6. The minimum Gasteiger partial charge on any atom is -0.497 e. The lowest BCUT2D eigenvalue weighted by atomic mass is 10.1. The molecule has 3 rings (SSSR count). The van der Waals surface area contributed by atoms with Crippen LogP contribution in [-0.4, -0.2) is 44.1 Å². The molecule has 126 valence electrons. The molecule has 0 unspecified atom stereocenters. The summed E-state index contributed by atoms with van der Waals surface area (Å²) in [5.74, 6) is 0.895. The smallest absolute Gasteiger partial charge is 0.254 e. The van der Waals surface area contributed by atoms with Crippen LogP contribution in [0.2, 0.25) is 0 Å². The van der Waals surface area contributed by atoms with Crippen LogP contribution in [0.25, 0.3) is 0 Å². The summed E-state index contributed by atoms with van der Waals surface area (Å²) in [5, 5.41) is 0. The van der Waals surface area contributed by atoms with E-state index in [0.717, 1.165) is 44.0 Å². The van der Waals surface area contributed by atoms with E-state index in [0.29, 0.717) is 0 Å². The van der Waals surface area contributed by atoms with Crippen LogP contribution in [0.3, 0.4) is 0 Å². The number of aryl methyl sites for hydroxylation is 1. The molecule has 1 N–H and O–H groups in total. The molecule has 1 saturated heterocycles. The molecule has 1 amide bonds. The third-order valence-electron chi connectivity index (χ3n) is 4.80. The minimum atomic E-state index is 0.118.